The molecule has 0 spiro atoms. The summed E-state index contributed by atoms with van der Waals surface area (Å²) in [4.78, 5) is 3.37. The van der Waals surface area contributed by atoms with Gasteiger partial charge in [0.2, 0.25) is 0 Å². The lowest BCUT2D eigenvalue weighted by atomic mass is 9.95. The average Bonchev–Trinajstić information content (AvgIpc) is 3.11. The highest BCUT2D eigenvalue weighted by molar-refractivity contribution is 7.86. The Hall–Kier alpha value is -3.35. The van der Waals surface area contributed by atoms with Crippen molar-refractivity contribution in [2.24, 2.45) is 0 Å². The molecule has 6 heteroatoms. The first-order valence-corrected chi connectivity index (χ1v) is 10.9. The molecule has 30 heavy (non-hydrogen) atoms. The minimum Gasteiger partial charge on any atom is -0.497 e. The van der Waals surface area contributed by atoms with E-state index in [1.165, 1.54) is 0 Å². The van der Waals surface area contributed by atoms with E-state index >= 15 is 0 Å². The number of fused-ring (bicyclic) bond motifs is 4. The van der Waals surface area contributed by atoms with Gasteiger partial charge in [0.05, 0.1) is 18.1 Å². The van der Waals surface area contributed by atoms with Gasteiger partial charge in [-0.3, -0.25) is 4.55 Å². The van der Waals surface area contributed by atoms with Crippen molar-refractivity contribution in [1.29, 1.82) is 0 Å². The van der Waals surface area contributed by atoms with Gasteiger partial charge < -0.3 is 9.72 Å². The number of ether oxygens (including phenoxy) is 1. The quantitative estimate of drug-likeness (QED) is 0.369. The molecule has 1 heterocycles. The third-order valence-electron chi connectivity index (χ3n) is 5.67. The van der Waals surface area contributed by atoms with Gasteiger partial charge in [0.1, 0.15) is 10.6 Å². The fourth-order valence-corrected chi connectivity index (χ4v) is 5.16. The van der Waals surface area contributed by atoms with Gasteiger partial charge in [0, 0.05) is 27.8 Å². The molecule has 0 aliphatic heterocycles. The molecule has 0 saturated heterocycles. The van der Waals surface area contributed by atoms with Crippen LogP contribution in [0.5, 0.6) is 5.75 Å². The molecule has 5 rings (SSSR count). The third-order valence-corrected chi connectivity index (χ3v) is 6.63. The first kappa shape index (κ1) is 18.7. The number of aromatic amines is 1. The maximum atomic E-state index is 12.4. The minimum atomic E-state index is -4.44. The Morgan fingerprint density at radius 3 is 2.37 bits per heavy atom. The van der Waals surface area contributed by atoms with E-state index < -0.39 is 10.1 Å². The van der Waals surface area contributed by atoms with Crippen LogP contribution in [0.25, 0.3) is 43.7 Å². The average molecular weight is 417 g/mol. The van der Waals surface area contributed by atoms with Crippen LogP contribution in [0.4, 0.5) is 0 Å². The number of aryl methyl sites for hydroxylation is 1. The first-order valence-electron chi connectivity index (χ1n) is 9.47. The molecule has 1 aromatic heterocycles. The van der Waals surface area contributed by atoms with Gasteiger partial charge in [-0.1, -0.05) is 48.5 Å². The molecule has 0 aliphatic carbocycles. The fraction of sp³-hybridized carbons (Fsp3) is 0.0833. The van der Waals surface area contributed by atoms with Crippen molar-refractivity contribution in [2.45, 2.75) is 11.8 Å². The van der Waals surface area contributed by atoms with Crippen molar-refractivity contribution in [2.75, 3.05) is 7.11 Å². The second kappa shape index (κ2) is 6.58. The van der Waals surface area contributed by atoms with Crippen LogP contribution < -0.4 is 4.74 Å². The molecule has 0 atom stereocenters. The van der Waals surface area contributed by atoms with Gasteiger partial charge >= 0.3 is 0 Å². The number of hydrogen-bond donors (Lipinski definition) is 2. The topological polar surface area (TPSA) is 79.4 Å². The zero-order valence-corrected chi connectivity index (χ0v) is 17.2. The maximum absolute atomic E-state index is 12.4. The van der Waals surface area contributed by atoms with Crippen LogP contribution in [-0.4, -0.2) is 25.1 Å². The van der Waals surface area contributed by atoms with Crippen molar-refractivity contribution in [3.8, 4) is 16.9 Å². The summed E-state index contributed by atoms with van der Waals surface area (Å²) in [6, 6.07) is 20.5. The molecule has 0 unspecified atom stereocenters. The van der Waals surface area contributed by atoms with Gasteiger partial charge in [-0.2, -0.15) is 8.42 Å². The number of methoxy groups -OCH3 is 1. The van der Waals surface area contributed by atoms with Crippen molar-refractivity contribution in [3.63, 3.8) is 0 Å². The predicted molar refractivity (Wildman–Crippen MR) is 120 cm³/mol. The van der Waals surface area contributed by atoms with Gasteiger partial charge in [0.15, 0.2) is 0 Å². The molecular formula is C24H19NO4S. The van der Waals surface area contributed by atoms with Gasteiger partial charge in [-0.25, -0.2) is 0 Å². The van der Waals surface area contributed by atoms with E-state index in [4.69, 9.17) is 4.74 Å². The van der Waals surface area contributed by atoms with Crippen LogP contribution in [0.2, 0.25) is 0 Å². The van der Waals surface area contributed by atoms with Crippen LogP contribution in [0, 0.1) is 6.92 Å². The summed E-state index contributed by atoms with van der Waals surface area (Å²) in [5.74, 6) is 0.759. The van der Waals surface area contributed by atoms with Crippen molar-refractivity contribution >= 4 is 42.7 Å². The normalized spacial score (nSPS) is 12.1. The molecule has 4 aromatic carbocycles. The zero-order valence-electron chi connectivity index (χ0n) is 16.4. The van der Waals surface area contributed by atoms with Crippen LogP contribution in [0.3, 0.4) is 0 Å². The smallest absolute Gasteiger partial charge is 0.295 e. The van der Waals surface area contributed by atoms with Gasteiger partial charge in [-0.15, -0.1) is 0 Å². The van der Waals surface area contributed by atoms with Crippen LogP contribution in [0.15, 0.2) is 71.6 Å². The van der Waals surface area contributed by atoms with Crippen molar-refractivity contribution in [3.05, 3.63) is 72.3 Å². The summed E-state index contributed by atoms with van der Waals surface area (Å²) in [6.07, 6.45) is 0. The number of rotatable bonds is 3. The Morgan fingerprint density at radius 2 is 1.60 bits per heavy atom. The minimum absolute atomic E-state index is 0.0687. The highest BCUT2D eigenvalue weighted by Crippen LogP contribution is 2.39. The number of aromatic nitrogens is 1. The van der Waals surface area contributed by atoms with Crippen LogP contribution in [0.1, 0.15) is 5.56 Å². The summed E-state index contributed by atoms with van der Waals surface area (Å²) in [5, 5.41) is 3.36. The Kier molecular flexibility index (Phi) is 4.10. The number of H-pyrrole nitrogens is 1. The maximum Gasteiger partial charge on any atom is 0.295 e. The molecule has 5 nitrogen and oxygen atoms in total. The molecular weight excluding hydrogens is 398 g/mol. The highest BCUT2D eigenvalue weighted by atomic mass is 32.2. The fourth-order valence-electron chi connectivity index (χ4n) is 4.25. The second-order valence-electron chi connectivity index (χ2n) is 7.34. The summed E-state index contributed by atoms with van der Waals surface area (Å²) < 4.78 is 40.1. The van der Waals surface area contributed by atoms with E-state index in [-0.39, 0.29) is 4.90 Å². The zero-order chi connectivity index (χ0) is 21.0. The third kappa shape index (κ3) is 2.76. The lowest BCUT2D eigenvalue weighted by Gasteiger charge is -2.14. The molecule has 150 valence electrons. The summed E-state index contributed by atoms with van der Waals surface area (Å²) in [7, 11) is -2.81. The van der Waals surface area contributed by atoms with Gasteiger partial charge in [0.25, 0.3) is 10.1 Å². The summed E-state index contributed by atoms with van der Waals surface area (Å²) in [6.45, 7) is 1.95. The van der Waals surface area contributed by atoms with Crippen molar-refractivity contribution in [1.82, 2.24) is 4.98 Å². The lowest BCUT2D eigenvalue weighted by molar-refractivity contribution is 0.415. The standard InChI is InChI=1S/C24H19NO4S/c1-14-17(11-12-20-19-10-8-16(29-2)13-22(19)25-23(14)20)21-9-7-15-5-3-4-6-18(15)24(21)30(26,27)28/h3-13,25H,1-2H3,(H,26,27,28). The molecule has 0 saturated carbocycles. The Bertz CT molecular complexity index is 1570. The largest absolute Gasteiger partial charge is 0.497 e. The first-order chi connectivity index (χ1) is 14.4. The lowest BCUT2D eigenvalue weighted by Crippen LogP contribution is -2.03. The Balaban J connectivity index is 1.85. The van der Waals surface area contributed by atoms with Crippen LogP contribution in [-0.2, 0) is 10.1 Å². The molecule has 2 N–H and O–H groups in total. The summed E-state index contributed by atoms with van der Waals surface area (Å²) in [5.41, 5.74) is 4.00. The molecule has 0 aliphatic rings. The van der Waals surface area contributed by atoms with E-state index in [9.17, 15) is 13.0 Å². The molecule has 0 amide bonds. The van der Waals surface area contributed by atoms with E-state index in [1.807, 2.05) is 55.5 Å². The SMILES string of the molecule is COc1ccc2c(c1)[nH]c1c(C)c(-c3ccc4ccccc4c3S(=O)(=O)O)ccc12. The number of benzene rings is 4. The number of nitrogens with one attached hydrogen (secondary N) is 1. The molecule has 0 fully saturated rings. The van der Waals surface area contributed by atoms with Crippen LogP contribution >= 0.6 is 0 Å². The predicted octanol–water partition coefficient (Wildman–Crippen LogP) is 5.71. The molecule has 5 aromatic rings. The van der Waals surface area contributed by atoms with E-state index in [0.717, 1.165) is 44.1 Å². The van der Waals surface area contributed by atoms with E-state index in [2.05, 4.69) is 4.98 Å². The van der Waals surface area contributed by atoms with E-state index in [1.54, 1.807) is 25.3 Å². The second-order valence-corrected chi connectivity index (χ2v) is 8.69. The molecule has 0 radical (unpaired) electrons. The monoisotopic (exact) mass is 417 g/mol. The van der Waals surface area contributed by atoms with Crippen molar-refractivity contribution < 1.29 is 17.7 Å². The van der Waals surface area contributed by atoms with E-state index in [0.29, 0.717) is 10.9 Å². The highest BCUT2D eigenvalue weighted by Gasteiger charge is 2.22. The Labute approximate surface area is 173 Å². The Morgan fingerprint density at radius 1 is 0.867 bits per heavy atom. The summed E-state index contributed by atoms with van der Waals surface area (Å²) >= 11 is 0. The number of hydrogen-bond acceptors (Lipinski definition) is 3. The molecule has 0 bridgehead atoms. The van der Waals surface area contributed by atoms with Gasteiger partial charge in [-0.05, 0) is 35.6 Å².